The fraction of sp³-hybridized carbons (Fsp3) is 0.955. The molecule has 2 atom stereocenters. The summed E-state index contributed by atoms with van der Waals surface area (Å²) in [6.45, 7) is 18.5. The Bertz CT molecular complexity index is 488. The van der Waals surface area contributed by atoms with Gasteiger partial charge in [0.05, 0.1) is 33.0 Å². The van der Waals surface area contributed by atoms with Crippen LogP contribution in [-0.4, -0.2) is 112 Å². The maximum atomic E-state index is 5.60. The third kappa shape index (κ3) is 6.29. The Labute approximate surface area is 177 Å². The molecule has 0 amide bonds. The largest absolute Gasteiger partial charge is 0.379 e. The fourth-order valence-corrected chi connectivity index (χ4v) is 5.09. The molecule has 3 heterocycles. The van der Waals surface area contributed by atoms with Crippen LogP contribution in [-0.2, 0) is 9.47 Å². The normalized spacial score (nSPS) is 26.3. The molecule has 0 aliphatic carbocycles. The number of nitrogens with zero attached hydrogens (tertiary/aromatic N) is 4. The van der Waals surface area contributed by atoms with E-state index in [0.717, 1.165) is 84.7 Å². The van der Waals surface area contributed by atoms with Gasteiger partial charge in [-0.2, -0.15) is 0 Å². The zero-order valence-electron chi connectivity index (χ0n) is 18.9. The predicted molar refractivity (Wildman–Crippen MR) is 119 cm³/mol. The number of rotatable bonds is 8. The van der Waals surface area contributed by atoms with Crippen molar-refractivity contribution in [2.75, 3.05) is 78.8 Å². The average molecular weight is 410 g/mol. The molecule has 29 heavy (non-hydrogen) atoms. The fourth-order valence-electron chi connectivity index (χ4n) is 5.09. The predicted octanol–water partition coefficient (Wildman–Crippen LogP) is 1.50. The Morgan fingerprint density at radius 1 is 0.966 bits per heavy atom. The minimum Gasteiger partial charge on any atom is -0.379 e. The summed E-state index contributed by atoms with van der Waals surface area (Å²) in [4.78, 5) is 12.9. The van der Waals surface area contributed by atoms with Crippen molar-refractivity contribution in [1.29, 1.82) is 0 Å². The second kappa shape index (κ2) is 12.1. The van der Waals surface area contributed by atoms with Crippen molar-refractivity contribution in [3.05, 3.63) is 0 Å². The molecule has 0 aromatic carbocycles. The van der Waals surface area contributed by atoms with Gasteiger partial charge in [-0.05, 0) is 19.3 Å². The van der Waals surface area contributed by atoms with Gasteiger partial charge in [0.25, 0.3) is 0 Å². The second-order valence-corrected chi connectivity index (χ2v) is 8.52. The Morgan fingerprint density at radius 2 is 1.62 bits per heavy atom. The summed E-state index contributed by atoms with van der Waals surface area (Å²) in [5.74, 6) is 1.80. The molecule has 3 aliphatic heterocycles. The van der Waals surface area contributed by atoms with Crippen molar-refractivity contribution >= 4 is 5.96 Å². The van der Waals surface area contributed by atoms with Crippen LogP contribution < -0.4 is 5.32 Å². The lowest BCUT2D eigenvalue weighted by molar-refractivity contribution is 0.00390. The molecule has 0 aromatic heterocycles. The molecule has 3 fully saturated rings. The molecule has 3 saturated heterocycles. The average Bonchev–Trinajstić information content (AvgIpc) is 3.27. The van der Waals surface area contributed by atoms with Crippen molar-refractivity contribution in [2.24, 2.45) is 10.9 Å². The lowest BCUT2D eigenvalue weighted by atomic mass is 9.92. The van der Waals surface area contributed by atoms with E-state index in [1.54, 1.807) is 0 Å². The molecule has 0 saturated carbocycles. The summed E-state index contributed by atoms with van der Waals surface area (Å²) in [6.07, 6.45) is 3.66. The van der Waals surface area contributed by atoms with Gasteiger partial charge < -0.3 is 19.7 Å². The Morgan fingerprint density at radius 3 is 2.24 bits per heavy atom. The first kappa shape index (κ1) is 22.8. The number of guanidine groups is 1. The molecule has 3 rings (SSSR count). The number of ether oxygens (including phenoxy) is 2. The van der Waals surface area contributed by atoms with Gasteiger partial charge in [-0.1, -0.05) is 26.7 Å². The zero-order valence-corrected chi connectivity index (χ0v) is 18.9. The highest BCUT2D eigenvalue weighted by atomic mass is 16.5. The number of aliphatic imine (C=N–C) groups is 1. The van der Waals surface area contributed by atoms with E-state index >= 15 is 0 Å². The van der Waals surface area contributed by atoms with Gasteiger partial charge in [0, 0.05) is 57.9 Å². The van der Waals surface area contributed by atoms with Crippen molar-refractivity contribution in [3.8, 4) is 0 Å². The van der Waals surface area contributed by atoms with Gasteiger partial charge in [-0.3, -0.25) is 14.8 Å². The van der Waals surface area contributed by atoms with E-state index in [4.69, 9.17) is 14.5 Å². The third-order valence-electron chi connectivity index (χ3n) is 6.90. The van der Waals surface area contributed by atoms with Crippen molar-refractivity contribution < 1.29 is 9.47 Å². The Hall–Kier alpha value is -0.890. The monoisotopic (exact) mass is 409 g/mol. The van der Waals surface area contributed by atoms with Gasteiger partial charge in [0.1, 0.15) is 0 Å². The minimum absolute atomic E-state index is 0.514. The second-order valence-electron chi connectivity index (χ2n) is 8.52. The first-order valence-electron chi connectivity index (χ1n) is 11.9. The number of likely N-dealkylation sites (tertiary alicyclic amines) is 1. The summed E-state index contributed by atoms with van der Waals surface area (Å²) >= 11 is 0. The molecular weight excluding hydrogens is 366 g/mol. The summed E-state index contributed by atoms with van der Waals surface area (Å²) in [6, 6.07) is 1.15. The van der Waals surface area contributed by atoms with Crippen LogP contribution in [0.25, 0.3) is 0 Å². The highest BCUT2D eigenvalue weighted by Gasteiger charge is 2.31. The van der Waals surface area contributed by atoms with Crippen LogP contribution in [0.5, 0.6) is 0 Å². The lowest BCUT2D eigenvalue weighted by Gasteiger charge is -2.38. The molecular formula is C22H43N5O2. The molecule has 168 valence electrons. The van der Waals surface area contributed by atoms with Crippen molar-refractivity contribution in [3.63, 3.8) is 0 Å². The standard InChI is InChI=1S/C22H43N5O2/c1-4-19(5-2)21(26-11-15-29-16-12-26)17-24-22(23-6-3)27-8-7-20(18-27)25-9-13-28-14-10-25/h19-21H,4-18H2,1-3H3,(H,23,24). The van der Waals surface area contributed by atoms with Crippen LogP contribution in [0.1, 0.15) is 40.0 Å². The van der Waals surface area contributed by atoms with E-state index in [0.29, 0.717) is 18.0 Å². The molecule has 0 spiro atoms. The summed E-state index contributed by atoms with van der Waals surface area (Å²) in [7, 11) is 0. The molecule has 0 aromatic rings. The number of hydrogen-bond acceptors (Lipinski definition) is 5. The summed E-state index contributed by atoms with van der Waals surface area (Å²) < 4.78 is 11.1. The van der Waals surface area contributed by atoms with E-state index in [1.807, 2.05) is 0 Å². The van der Waals surface area contributed by atoms with Crippen molar-refractivity contribution in [2.45, 2.75) is 52.1 Å². The van der Waals surface area contributed by atoms with E-state index in [-0.39, 0.29) is 0 Å². The van der Waals surface area contributed by atoms with E-state index < -0.39 is 0 Å². The molecule has 2 unspecified atom stereocenters. The summed E-state index contributed by atoms with van der Waals surface area (Å²) in [5.41, 5.74) is 0. The van der Waals surface area contributed by atoms with Gasteiger partial charge in [0.15, 0.2) is 5.96 Å². The van der Waals surface area contributed by atoms with Gasteiger partial charge in [-0.15, -0.1) is 0 Å². The maximum absolute atomic E-state index is 5.60. The van der Waals surface area contributed by atoms with Gasteiger partial charge in [-0.25, -0.2) is 0 Å². The van der Waals surface area contributed by atoms with Crippen LogP contribution in [0, 0.1) is 5.92 Å². The van der Waals surface area contributed by atoms with Crippen LogP contribution in [0.3, 0.4) is 0 Å². The third-order valence-corrected chi connectivity index (χ3v) is 6.90. The molecule has 7 nitrogen and oxygen atoms in total. The Balaban J connectivity index is 1.64. The van der Waals surface area contributed by atoms with Gasteiger partial charge >= 0.3 is 0 Å². The number of nitrogens with one attached hydrogen (secondary N) is 1. The smallest absolute Gasteiger partial charge is 0.194 e. The number of morpholine rings is 2. The molecule has 0 radical (unpaired) electrons. The highest BCUT2D eigenvalue weighted by molar-refractivity contribution is 5.80. The van der Waals surface area contributed by atoms with Crippen LogP contribution >= 0.6 is 0 Å². The minimum atomic E-state index is 0.514. The molecule has 3 aliphatic rings. The number of hydrogen-bond donors (Lipinski definition) is 1. The topological polar surface area (TPSA) is 52.6 Å². The summed E-state index contributed by atoms with van der Waals surface area (Å²) in [5, 5.41) is 3.57. The van der Waals surface area contributed by atoms with Crippen LogP contribution in [0.2, 0.25) is 0 Å². The quantitative estimate of drug-likeness (QED) is 0.484. The first-order valence-corrected chi connectivity index (χ1v) is 11.9. The molecule has 7 heteroatoms. The van der Waals surface area contributed by atoms with E-state index in [9.17, 15) is 0 Å². The van der Waals surface area contributed by atoms with Crippen LogP contribution in [0.4, 0.5) is 0 Å². The Kier molecular flexibility index (Phi) is 9.49. The molecule has 0 bridgehead atoms. The van der Waals surface area contributed by atoms with Gasteiger partial charge in [0.2, 0.25) is 0 Å². The SMILES string of the molecule is CCNC(=NCC(C(CC)CC)N1CCOCC1)N1CCC(N2CCOCC2)C1. The maximum Gasteiger partial charge on any atom is 0.194 e. The molecule has 1 N–H and O–H groups in total. The zero-order chi connectivity index (χ0) is 20.5. The van der Waals surface area contributed by atoms with Crippen molar-refractivity contribution in [1.82, 2.24) is 20.0 Å². The first-order chi connectivity index (χ1) is 14.3. The van der Waals surface area contributed by atoms with E-state index in [2.05, 4.69) is 40.8 Å². The van der Waals surface area contributed by atoms with E-state index in [1.165, 1.54) is 19.3 Å². The lowest BCUT2D eigenvalue weighted by Crippen LogP contribution is -2.49. The van der Waals surface area contributed by atoms with Crippen LogP contribution in [0.15, 0.2) is 4.99 Å². The highest BCUT2D eigenvalue weighted by Crippen LogP contribution is 2.21.